The number of piperazine rings is 1. The van der Waals surface area contributed by atoms with E-state index >= 15 is 0 Å². The molecule has 4 amide bonds. The van der Waals surface area contributed by atoms with E-state index < -0.39 is 30.2 Å². The zero-order valence-corrected chi connectivity index (χ0v) is 24.6. The van der Waals surface area contributed by atoms with Crippen LogP contribution >= 0.6 is 0 Å². The molecule has 0 unspecified atom stereocenters. The van der Waals surface area contributed by atoms with Gasteiger partial charge in [-0.05, 0) is 53.4 Å². The van der Waals surface area contributed by atoms with Gasteiger partial charge in [0.1, 0.15) is 23.7 Å². The summed E-state index contributed by atoms with van der Waals surface area (Å²) < 4.78 is 48.4. The van der Waals surface area contributed by atoms with E-state index in [0.29, 0.717) is 43.2 Å². The molecule has 2 saturated heterocycles. The smallest absolute Gasteiger partial charge is 0.416 e. The molecular weight excluding hydrogens is 577 g/mol. The number of pyridine rings is 1. The Balaban J connectivity index is 1.40. The molecule has 0 aliphatic carbocycles. The van der Waals surface area contributed by atoms with E-state index in [9.17, 15) is 27.6 Å². The lowest BCUT2D eigenvalue weighted by Crippen LogP contribution is -2.43. The number of ether oxygens (including phenoxy) is 1. The normalized spacial score (nSPS) is 16.2. The van der Waals surface area contributed by atoms with Gasteiger partial charge in [0.05, 0.1) is 11.3 Å². The van der Waals surface area contributed by atoms with Crippen molar-refractivity contribution in [2.24, 2.45) is 0 Å². The maximum atomic E-state index is 14.1. The van der Waals surface area contributed by atoms with Crippen molar-refractivity contribution >= 4 is 29.2 Å². The summed E-state index contributed by atoms with van der Waals surface area (Å²) in [6.07, 6.45) is -3.19. The lowest BCUT2D eigenvalue weighted by atomic mass is 10.0. The third-order valence-electron chi connectivity index (χ3n) is 7.57. The first-order valence-corrected chi connectivity index (χ1v) is 14.2. The molecule has 0 saturated carbocycles. The highest BCUT2D eigenvalue weighted by molar-refractivity contribution is 6.27. The Bertz CT molecular complexity index is 1570. The molecule has 44 heavy (non-hydrogen) atoms. The maximum Gasteiger partial charge on any atom is 0.416 e. The highest BCUT2D eigenvalue weighted by atomic mass is 19.4. The number of amides is 4. The summed E-state index contributed by atoms with van der Waals surface area (Å²) in [5.41, 5.74) is 0.405. The number of hydrogen-bond acceptors (Lipinski definition) is 7. The Morgan fingerprint density at radius 1 is 1.05 bits per heavy atom. The summed E-state index contributed by atoms with van der Waals surface area (Å²) in [5.74, 6) is -0.216. The Labute approximate surface area is 252 Å². The van der Waals surface area contributed by atoms with Crippen molar-refractivity contribution < 1.29 is 32.3 Å². The highest BCUT2D eigenvalue weighted by Gasteiger charge is 2.40. The molecule has 0 atom stereocenters. The second kappa shape index (κ2) is 12.6. The summed E-state index contributed by atoms with van der Waals surface area (Å²) in [6, 6.07) is 10.9. The van der Waals surface area contributed by atoms with Gasteiger partial charge in [-0.25, -0.2) is 9.69 Å². The number of hydrogen-bond donors (Lipinski definition) is 2. The molecule has 2 aliphatic heterocycles. The van der Waals surface area contributed by atoms with Crippen molar-refractivity contribution in [3.63, 3.8) is 0 Å². The number of urea groups is 1. The van der Waals surface area contributed by atoms with Crippen LogP contribution in [0.15, 0.2) is 54.7 Å². The first-order chi connectivity index (χ1) is 21.0. The van der Waals surface area contributed by atoms with Crippen molar-refractivity contribution in [1.82, 2.24) is 20.5 Å². The minimum Gasteiger partial charge on any atom is -0.457 e. The van der Waals surface area contributed by atoms with E-state index in [2.05, 4.69) is 15.6 Å². The number of nitrogens with one attached hydrogen (secondary N) is 2. The molecule has 3 heterocycles. The Morgan fingerprint density at radius 2 is 1.77 bits per heavy atom. The van der Waals surface area contributed by atoms with Crippen LogP contribution in [0.5, 0.6) is 11.5 Å². The molecule has 2 aliphatic rings. The molecule has 10 nitrogen and oxygen atoms in total. The van der Waals surface area contributed by atoms with Gasteiger partial charge in [-0.1, -0.05) is 19.9 Å². The molecule has 5 rings (SSSR count). The average molecular weight is 611 g/mol. The summed E-state index contributed by atoms with van der Waals surface area (Å²) in [6.45, 7) is 6.23. The van der Waals surface area contributed by atoms with E-state index in [4.69, 9.17) is 4.74 Å². The van der Waals surface area contributed by atoms with Crippen LogP contribution < -0.4 is 25.2 Å². The molecule has 232 valence electrons. The molecule has 1 aromatic heterocycles. The zero-order valence-electron chi connectivity index (χ0n) is 24.6. The van der Waals surface area contributed by atoms with Crippen molar-refractivity contribution in [3.8, 4) is 11.5 Å². The first-order valence-electron chi connectivity index (χ1n) is 14.2. The van der Waals surface area contributed by atoms with Crippen molar-refractivity contribution in [1.29, 1.82) is 0 Å². The fraction of sp³-hybridized carbons (Fsp3) is 0.355. The summed E-state index contributed by atoms with van der Waals surface area (Å²) in [7, 11) is 1.49. The van der Waals surface area contributed by atoms with Gasteiger partial charge in [-0.2, -0.15) is 13.2 Å². The monoisotopic (exact) mass is 610 g/mol. The molecule has 2 aromatic carbocycles. The number of rotatable bonds is 8. The minimum atomic E-state index is -4.64. The van der Waals surface area contributed by atoms with Gasteiger partial charge in [-0.15, -0.1) is 0 Å². The minimum absolute atomic E-state index is 0.00381. The summed E-state index contributed by atoms with van der Waals surface area (Å²) >= 11 is 0. The Morgan fingerprint density at radius 3 is 2.45 bits per heavy atom. The Kier molecular flexibility index (Phi) is 8.88. The highest BCUT2D eigenvalue weighted by Crippen LogP contribution is 2.38. The van der Waals surface area contributed by atoms with Gasteiger partial charge >= 0.3 is 12.2 Å². The van der Waals surface area contributed by atoms with Crippen LogP contribution in [0.4, 0.5) is 29.3 Å². The van der Waals surface area contributed by atoms with Crippen LogP contribution in [0.3, 0.4) is 0 Å². The van der Waals surface area contributed by atoms with Crippen molar-refractivity contribution in [2.75, 3.05) is 49.6 Å². The molecule has 0 radical (unpaired) electrons. The van der Waals surface area contributed by atoms with E-state index in [0.717, 1.165) is 15.9 Å². The lowest BCUT2D eigenvalue weighted by molar-refractivity contribution is -0.138. The number of anilines is 2. The predicted molar refractivity (Wildman–Crippen MR) is 158 cm³/mol. The third kappa shape index (κ3) is 6.53. The number of aromatic nitrogens is 1. The van der Waals surface area contributed by atoms with Crippen LogP contribution in [0.1, 0.15) is 46.9 Å². The van der Waals surface area contributed by atoms with Gasteiger partial charge in [-0.3, -0.25) is 24.4 Å². The summed E-state index contributed by atoms with van der Waals surface area (Å²) in [5, 5.41) is 5.69. The number of carbonyl (C=O) groups excluding carboxylic acids is 3. The van der Waals surface area contributed by atoms with Crippen LogP contribution in [-0.2, 0) is 17.5 Å². The van der Waals surface area contributed by atoms with E-state index in [1.807, 2.05) is 18.7 Å². The number of halogens is 3. The first kappa shape index (κ1) is 31.0. The number of nitrogens with zero attached hydrogens (tertiary/aromatic N) is 4. The number of alkyl halides is 3. The second-order valence-corrected chi connectivity index (χ2v) is 10.9. The molecule has 3 aromatic rings. The quantitative estimate of drug-likeness (QED) is 0.355. The van der Waals surface area contributed by atoms with Crippen LogP contribution in [0.2, 0.25) is 0 Å². The van der Waals surface area contributed by atoms with Gasteiger partial charge in [0.25, 0.3) is 11.8 Å². The number of benzene rings is 2. The maximum absolute atomic E-state index is 14.1. The van der Waals surface area contributed by atoms with E-state index in [1.54, 1.807) is 24.3 Å². The van der Waals surface area contributed by atoms with Crippen LogP contribution in [-0.4, -0.2) is 67.5 Å². The molecule has 0 bridgehead atoms. The zero-order chi connectivity index (χ0) is 31.6. The Hall–Kier alpha value is -4.49. The average Bonchev–Trinajstić information content (AvgIpc) is 3.30. The largest absolute Gasteiger partial charge is 0.457 e. The van der Waals surface area contributed by atoms with E-state index in [1.165, 1.54) is 31.4 Å². The molecular formula is C31H33F3N6O4. The predicted octanol–water partition coefficient (Wildman–Crippen LogP) is 4.75. The third-order valence-corrected chi connectivity index (χ3v) is 7.57. The van der Waals surface area contributed by atoms with Gasteiger partial charge in [0.2, 0.25) is 0 Å². The lowest BCUT2D eigenvalue weighted by Gasteiger charge is -2.28. The van der Waals surface area contributed by atoms with Gasteiger partial charge in [0, 0.05) is 57.7 Å². The summed E-state index contributed by atoms with van der Waals surface area (Å²) in [4.78, 5) is 46.6. The van der Waals surface area contributed by atoms with Gasteiger partial charge in [0.15, 0.2) is 0 Å². The fourth-order valence-electron chi connectivity index (χ4n) is 5.27. The van der Waals surface area contributed by atoms with Gasteiger partial charge < -0.3 is 15.4 Å². The molecule has 13 heteroatoms. The van der Waals surface area contributed by atoms with E-state index in [-0.39, 0.29) is 41.0 Å². The van der Waals surface area contributed by atoms with Crippen molar-refractivity contribution in [3.05, 3.63) is 77.1 Å². The molecule has 2 fully saturated rings. The second-order valence-electron chi connectivity index (χ2n) is 10.9. The number of imide groups is 1. The SMILES string of the molecule is CNC(=O)c1cc(Oc2ccc(N3C(=O)CN(c4ccc(CN5CCNCC5)c(C(F)(F)F)c4)C3=O)cc2C(C)C)ccn1. The van der Waals surface area contributed by atoms with Crippen LogP contribution in [0.25, 0.3) is 0 Å². The van der Waals surface area contributed by atoms with Crippen molar-refractivity contribution in [2.45, 2.75) is 32.5 Å². The fourth-order valence-corrected chi connectivity index (χ4v) is 5.27. The molecule has 2 N–H and O–H groups in total. The topological polar surface area (TPSA) is 107 Å². The van der Waals surface area contributed by atoms with Crippen LogP contribution in [0, 0.1) is 0 Å². The number of carbonyl (C=O) groups is 3. The standard InChI is InChI=1S/C31H33F3N6O4/c1-19(2)24-14-22(6-7-27(24)44-23-8-9-37-26(16-23)29(42)35-3)40-28(41)18-39(30(40)43)21-5-4-20(25(15-21)31(32,33)34)17-38-12-10-36-11-13-38/h4-9,14-16,19,36H,10-13,17-18H2,1-3H3,(H,35,42). The molecule has 0 spiro atoms.